The summed E-state index contributed by atoms with van der Waals surface area (Å²) in [6, 6.07) is 4.31. The maximum absolute atomic E-state index is 4.83. The van der Waals surface area contributed by atoms with Crippen molar-refractivity contribution in [2.75, 3.05) is 0 Å². The van der Waals surface area contributed by atoms with E-state index in [0.717, 1.165) is 34.5 Å². The molecule has 0 N–H and O–H groups in total. The summed E-state index contributed by atoms with van der Waals surface area (Å²) in [7, 11) is 5.88. The molecule has 1 aliphatic rings. The highest BCUT2D eigenvalue weighted by atomic mass is 15.3. The fraction of sp³-hybridized carbons (Fsp3) is 0.368. The second-order valence-corrected chi connectivity index (χ2v) is 7.30. The molecular weight excluding hydrogens is 326 g/mol. The van der Waals surface area contributed by atoms with Gasteiger partial charge in [-0.15, -0.1) is 0 Å². The third-order valence-corrected chi connectivity index (χ3v) is 5.40. The van der Waals surface area contributed by atoms with Crippen molar-refractivity contribution >= 4 is 11.0 Å². The third kappa shape index (κ3) is 2.27. The largest absolute Gasteiger partial charge is 0.276 e. The summed E-state index contributed by atoms with van der Waals surface area (Å²) in [6.45, 7) is 2.10. The Morgan fingerprint density at radius 2 is 1.85 bits per heavy atom. The summed E-state index contributed by atoms with van der Waals surface area (Å²) >= 11 is 0. The van der Waals surface area contributed by atoms with Crippen LogP contribution in [0.25, 0.3) is 22.4 Å². The first-order valence-corrected chi connectivity index (χ1v) is 8.83. The standard InChI is InChI=1S/C19H21N7/c1-11-5-17(22-19-15(11)9-21-26(19)4)18-7-16(23-25(18)3)14-6-13(14)12-8-20-24(2)10-12/h5,7-10,13-14H,6H2,1-4H3. The van der Waals surface area contributed by atoms with E-state index in [9.17, 15) is 0 Å². The molecule has 4 aromatic heterocycles. The van der Waals surface area contributed by atoms with Gasteiger partial charge in [-0.1, -0.05) is 0 Å². The molecule has 132 valence electrons. The Labute approximate surface area is 151 Å². The number of aromatic nitrogens is 7. The Balaban J connectivity index is 1.51. The van der Waals surface area contributed by atoms with Crippen LogP contribution in [0.2, 0.25) is 0 Å². The fourth-order valence-electron chi connectivity index (χ4n) is 3.83. The van der Waals surface area contributed by atoms with Crippen molar-refractivity contribution < 1.29 is 0 Å². The van der Waals surface area contributed by atoms with Crippen LogP contribution in [0, 0.1) is 6.92 Å². The van der Waals surface area contributed by atoms with Crippen molar-refractivity contribution in [2.45, 2.75) is 25.2 Å². The first kappa shape index (κ1) is 15.3. The summed E-state index contributed by atoms with van der Waals surface area (Å²) in [5, 5.41) is 14.5. The van der Waals surface area contributed by atoms with Gasteiger partial charge in [0.05, 0.1) is 29.5 Å². The van der Waals surface area contributed by atoms with Gasteiger partial charge >= 0.3 is 0 Å². The number of nitrogens with zero attached hydrogens (tertiary/aromatic N) is 7. The molecule has 0 radical (unpaired) electrons. The predicted molar refractivity (Wildman–Crippen MR) is 98.8 cm³/mol. The van der Waals surface area contributed by atoms with Crippen molar-refractivity contribution in [1.82, 2.24) is 34.3 Å². The van der Waals surface area contributed by atoms with Gasteiger partial charge in [-0.25, -0.2) is 4.98 Å². The minimum Gasteiger partial charge on any atom is -0.276 e. The maximum Gasteiger partial charge on any atom is 0.158 e. The Bertz CT molecular complexity index is 1130. The SMILES string of the molecule is Cc1cc(-c2cc(C3CC3c3cnn(C)c3)nn2C)nc2c1cnn2C. The van der Waals surface area contributed by atoms with Gasteiger partial charge in [0, 0.05) is 38.6 Å². The van der Waals surface area contributed by atoms with Gasteiger partial charge in [-0.3, -0.25) is 14.0 Å². The predicted octanol–water partition coefficient (Wildman–Crippen LogP) is 2.68. The zero-order chi connectivity index (χ0) is 18.0. The zero-order valence-electron chi connectivity index (χ0n) is 15.4. The molecule has 0 amide bonds. The molecule has 0 bridgehead atoms. The van der Waals surface area contributed by atoms with Gasteiger partial charge in [0.15, 0.2) is 5.65 Å². The average Bonchev–Trinajstić information content (AvgIpc) is 2.91. The minimum absolute atomic E-state index is 0.473. The van der Waals surface area contributed by atoms with E-state index in [1.54, 1.807) is 0 Å². The van der Waals surface area contributed by atoms with E-state index >= 15 is 0 Å². The smallest absolute Gasteiger partial charge is 0.158 e. The highest BCUT2D eigenvalue weighted by Crippen LogP contribution is 2.54. The second-order valence-electron chi connectivity index (χ2n) is 7.30. The van der Waals surface area contributed by atoms with Crippen molar-refractivity contribution in [3.05, 3.63) is 47.5 Å². The molecule has 4 aromatic rings. The third-order valence-electron chi connectivity index (χ3n) is 5.40. The van der Waals surface area contributed by atoms with Gasteiger partial charge in [0.2, 0.25) is 0 Å². The zero-order valence-corrected chi connectivity index (χ0v) is 15.4. The molecule has 4 heterocycles. The van der Waals surface area contributed by atoms with Crippen LogP contribution in [0.1, 0.15) is 35.1 Å². The number of aryl methyl sites for hydroxylation is 4. The molecule has 0 saturated heterocycles. The average molecular weight is 347 g/mol. The van der Waals surface area contributed by atoms with Crippen molar-refractivity contribution in [3.8, 4) is 11.4 Å². The van der Waals surface area contributed by atoms with E-state index in [4.69, 9.17) is 10.1 Å². The summed E-state index contributed by atoms with van der Waals surface area (Å²) in [6.07, 6.45) is 7.08. The maximum atomic E-state index is 4.83. The molecule has 2 unspecified atom stereocenters. The lowest BCUT2D eigenvalue weighted by molar-refractivity contribution is 0.744. The van der Waals surface area contributed by atoms with Crippen LogP contribution in [-0.2, 0) is 21.1 Å². The second kappa shape index (κ2) is 5.27. The Kier molecular flexibility index (Phi) is 3.10. The van der Waals surface area contributed by atoms with E-state index in [-0.39, 0.29) is 0 Å². The van der Waals surface area contributed by atoms with E-state index in [1.807, 2.05) is 47.6 Å². The molecule has 5 rings (SSSR count). The highest BCUT2D eigenvalue weighted by molar-refractivity contribution is 5.81. The number of hydrogen-bond acceptors (Lipinski definition) is 4. The van der Waals surface area contributed by atoms with Crippen LogP contribution < -0.4 is 0 Å². The molecule has 0 aliphatic heterocycles. The normalized spacial score (nSPS) is 19.4. The number of pyridine rings is 1. The van der Waals surface area contributed by atoms with Crippen molar-refractivity contribution in [1.29, 1.82) is 0 Å². The Morgan fingerprint density at radius 3 is 2.62 bits per heavy atom. The molecule has 1 fully saturated rings. The molecule has 1 aliphatic carbocycles. The molecule has 1 saturated carbocycles. The Morgan fingerprint density at radius 1 is 1.00 bits per heavy atom. The van der Waals surface area contributed by atoms with Gasteiger partial charge in [-0.05, 0) is 42.5 Å². The van der Waals surface area contributed by atoms with Gasteiger partial charge in [-0.2, -0.15) is 15.3 Å². The van der Waals surface area contributed by atoms with Crippen LogP contribution in [0.15, 0.2) is 30.7 Å². The quantitative estimate of drug-likeness (QED) is 0.571. The lowest BCUT2D eigenvalue weighted by Crippen LogP contribution is -1.98. The van der Waals surface area contributed by atoms with Gasteiger partial charge < -0.3 is 0 Å². The molecule has 0 aromatic carbocycles. The van der Waals surface area contributed by atoms with Crippen LogP contribution in [0.5, 0.6) is 0 Å². The van der Waals surface area contributed by atoms with E-state index in [2.05, 4.69) is 35.5 Å². The van der Waals surface area contributed by atoms with Crippen molar-refractivity contribution in [2.24, 2.45) is 21.1 Å². The topological polar surface area (TPSA) is 66.3 Å². The fourth-order valence-corrected chi connectivity index (χ4v) is 3.83. The molecule has 2 atom stereocenters. The lowest BCUT2D eigenvalue weighted by atomic mass is 10.1. The molecule has 0 spiro atoms. The molecular formula is C19H21N7. The minimum atomic E-state index is 0.473. The van der Waals surface area contributed by atoms with Crippen molar-refractivity contribution in [3.63, 3.8) is 0 Å². The van der Waals surface area contributed by atoms with E-state index in [1.165, 1.54) is 11.1 Å². The van der Waals surface area contributed by atoms with E-state index < -0.39 is 0 Å². The van der Waals surface area contributed by atoms with Crippen LogP contribution in [-0.4, -0.2) is 34.3 Å². The summed E-state index contributed by atoms with van der Waals surface area (Å²) < 4.78 is 5.63. The first-order valence-electron chi connectivity index (χ1n) is 8.83. The molecule has 7 nitrogen and oxygen atoms in total. The van der Waals surface area contributed by atoms with Crippen LogP contribution >= 0.6 is 0 Å². The summed E-state index contributed by atoms with van der Waals surface area (Å²) in [4.78, 5) is 4.83. The van der Waals surface area contributed by atoms with Gasteiger partial charge in [0.1, 0.15) is 0 Å². The summed E-state index contributed by atoms with van der Waals surface area (Å²) in [5.41, 5.74) is 6.51. The number of rotatable bonds is 3. The summed E-state index contributed by atoms with van der Waals surface area (Å²) in [5.74, 6) is 1.00. The highest BCUT2D eigenvalue weighted by Gasteiger charge is 2.42. The van der Waals surface area contributed by atoms with Crippen LogP contribution in [0.4, 0.5) is 0 Å². The van der Waals surface area contributed by atoms with Gasteiger partial charge in [0.25, 0.3) is 0 Å². The van der Waals surface area contributed by atoms with E-state index in [0.29, 0.717) is 11.8 Å². The first-order chi connectivity index (χ1) is 12.5. The monoisotopic (exact) mass is 347 g/mol. The number of fused-ring (bicyclic) bond motifs is 1. The Hall–Kier alpha value is -2.96. The number of hydrogen-bond donors (Lipinski definition) is 0. The molecule has 26 heavy (non-hydrogen) atoms. The molecule has 7 heteroatoms. The van der Waals surface area contributed by atoms with Crippen LogP contribution in [0.3, 0.4) is 0 Å². The lowest BCUT2D eigenvalue weighted by Gasteiger charge is -2.04.